The van der Waals surface area contributed by atoms with E-state index in [1.807, 2.05) is 31.3 Å². The van der Waals surface area contributed by atoms with E-state index in [9.17, 15) is 14.9 Å². The molecule has 3 aromatic heterocycles. The van der Waals surface area contributed by atoms with Gasteiger partial charge in [0.05, 0.1) is 17.6 Å². The number of aromatic nitrogens is 4. The lowest BCUT2D eigenvalue weighted by Crippen LogP contribution is -2.24. The van der Waals surface area contributed by atoms with E-state index in [1.54, 1.807) is 23.9 Å². The van der Waals surface area contributed by atoms with Crippen molar-refractivity contribution >= 4 is 28.7 Å². The number of pyridine rings is 2. The van der Waals surface area contributed by atoms with E-state index in [1.165, 1.54) is 18.4 Å². The van der Waals surface area contributed by atoms with Crippen LogP contribution in [-0.4, -0.2) is 36.9 Å². The van der Waals surface area contributed by atoms with Gasteiger partial charge in [-0.2, -0.15) is 10.4 Å². The number of anilines is 1. The molecule has 0 bridgehead atoms. The van der Waals surface area contributed by atoms with Gasteiger partial charge >= 0.3 is 6.09 Å². The highest BCUT2D eigenvalue weighted by Crippen LogP contribution is 2.40. The molecule has 0 radical (unpaired) electrons. The first-order chi connectivity index (χ1) is 17.8. The van der Waals surface area contributed by atoms with Crippen LogP contribution in [0, 0.1) is 25.2 Å². The number of benzene rings is 1. The molecular weight excluding hydrogens is 470 g/mol. The molecular formula is C27H25N7O3. The Morgan fingerprint density at radius 3 is 2.73 bits per heavy atom. The number of amides is 2. The van der Waals surface area contributed by atoms with E-state index in [0.29, 0.717) is 18.2 Å². The van der Waals surface area contributed by atoms with Crippen LogP contribution in [0.1, 0.15) is 62.8 Å². The molecule has 4 aromatic rings. The molecule has 1 aliphatic carbocycles. The average molecular weight is 496 g/mol. The first-order valence-corrected chi connectivity index (χ1v) is 11.9. The quantitative estimate of drug-likeness (QED) is 0.347. The Hall–Kier alpha value is -4.78. The monoisotopic (exact) mass is 495 g/mol. The fraction of sp³-hybridized carbons (Fsp3) is 0.259. The molecule has 1 fully saturated rings. The highest BCUT2D eigenvalue weighted by Gasteiger charge is 2.24. The van der Waals surface area contributed by atoms with E-state index >= 15 is 0 Å². The maximum absolute atomic E-state index is 12.9. The Balaban J connectivity index is 1.31. The molecule has 0 atom stereocenters. The third-order valence-electron chi connectivity index (χ3n) is 6.49. The molecule has 186 valence electrons. The van der Waals surface area contributed by atoms with Gasteiger partial charge in [0.15, 0.2) is 5.69 Å². The molecule has 0 spiro atoms. The van der Waals surface area contributed by atoms with Crippen molar-refractivity contribution in [2.24, 2.45) is 0 Å². The van der Waals surface area contributed by atoms with E-state index in [0.717, 1.165) is 27.6 Å². The molecule has 3 N–H and O–H groups in total. The molecule has 0 saturated heterocycles. The molecule has 0 aliphatic heterocycles. The van der Waals surface area contributed by atoms with Gasteiger partial charge < -0.3 is 10.4 Å². The minimum Gasteiger partial charge on any atom is -0.465 e. The summed E-state index contributed by atoms with van der Waals surface area (Å²) in [7, 11) is 0. The van der Waals surface area contributed by atoms with E-state index < -0.39 is 12.0 Å². The summed E-state index contributed by atoms with van der Waals surface area (Å²) in [6.07, 6.45) is 4.76. The van der Waals surface area contributed by atoms with Gasteiger partial charge in [0, 0.05) is 30.0 Å². The van der Waals surface area contributed by atoms with E-state index in [-0.39, 0.29) is 23.6 Å². The zero-order valence-corrected chi connectivity index (χ0v) is 20.4. The van der Waals surface area contributed by atoms with Crippen molar-refractivity contribution in [2.75, 3.05) is 5.32 Å². The number of nitriles is 1. The van der Waals surface area contributed by atoms with Gasteiger partial charge in [-0.25, -0.2) is 9.78 Å². The van der Waals surface area contributed by atoms with Crippen LogP contribution in [0.2, 0.25) is 0 Å². The standard InChI is InChI=1S/C27H25N7O3/c1-15-7-25(32-27(36)37)31-16(2)21(15)12-30-26(35)22-14-34(33-24(22)10-28)13-17-3-6-23-19(8-17)9-20(11-29-23)18-4-5-18/h3,6-9,11,14,18H,4-5,12-13H2,1-2H3,(H,30,35)(H,31,32)(H,36,37). The summed E-state index contributed by atoms with van der Waals surface area (Å²) in [6.45, 7) is 4.14. The van der Waals surface area contributed by atoms with Crippen LogP contribution in [0.4, 0.5) is 10.6 Å². The Bertz CT molecular complexity index is 1560. The predicted octanol–water partition coefficient (Wildman–Crippen LogP) is 4.26. The number of carbonyl (C=O) groups is 2. The van der Waals surface area contributed by atoms with Crippen molar-refractivity contribution < 1.29 is 14.7 Å². The summed E-state index contributed by atoms with van der Waals surface area (Å²) in [5.74, 6) is 0.415. The number of carbonyl (C=O) groups excluding carboxylic acids is 1. The maximum atomic E-state index is 12.9. The molecule has 10 nitrogen and oxygen atoms in total. The Labute approximate surface area is 213 Å². The Morgan fingerprint density at radius 2 is 2.03 bits per heavy atom. The van der Waals surface area contributed by atoms with Crippen molar-refractivity contribution in [3.63, 3.8) is 0 Å². The zero-order chi connectivity index (χ0) is 26.1. The molecule has 2 amide bonds. The van der Waals surface area contributed by atoms with Gasteiger partial charge in [-0.1, -0.05) is 6.07 Å². The lowest BCUT2D eigenvalue weighted by molar-refractivity contribution is 0.0950. The molecule has 1 aliphatic rings. The fourth-order valence-electron chi connectivity index (χ4n) is 4.44. The van der Waals surface area contributed by atoms with Gasteiger partial charge in [-0.05, 0) is 79.1 Å². The summed E-state index contributed by atoms with van der Waals surface area (Å²) in [5, 5.41) is 28.9. The lowest BCUT2D eigenvalue weighted by Gasteiger charge is -2.12. The minimum absolute atomic E-state index is 0.0450. The van der Waals surface area contributed by atoms with Crippen LogP contribution in [0.25, 0.3) is 10.9 Å². The first kappa shape index (κ1) is 23.9. The molecule has 0 unspecified atom stereocenters. The van der Waals surface area contributed by atoms with E-state index in [2.05, 4.69) is 37.8 Å². The maximum Gasteiger partial charge on any atom is 0.410 e. The van der Waals surface area contributed by atoms with Crippen molar-refractivity contribution in [2.45, 2.75) is 45.7 Å². The second-order valence-corrected chi connectivity index (χ2v) is 9.27. The number of hydrogen-bond donors (Lipinski definition) is 3. The van der Waals surface area contributed by atoms with Gasteiger partial charge in [-0.3, -0.25) is 19.8 Å². The number of fused-ring (bicyclic) bond motifs is 1. The molecule has 1 aromatic carbocycles. The van der Waals surface area contributed by atoms with Gasteiger partial charge in [0.2, 0.25) is 0 Å². The summed E-state index contributed by atoms with van der Waals surface area (Å²) in [4.78, 5) is 32.6. The highest BCUT2D eigenvalue weighted by molar-refractivity contribution is 5.96. The van der Waals surface area contributed by atoms with Gasteiger partial charge in [0.1, 0.15) is 11.9 Å². The third kappa shape index (κ3) is 5.26. The molecule has 1 saturated carbocycles. The second-order valence-electron chi connectivity index (χ2n) is 9.27. The third-order valence-corrected chi connectivity index (χ3v) is 6.49. The number of hydrogen-bond acceptors (Lipinski definition) is 6. The van der Waals surface area contributed by atoms with Crippen molar-refractivity contribution in [3.8, 4) is 6.07 Å². The number of nitrogens with zero attached hydrogens (tertiary/aromatic N) is 5. The first-order valence-electron chi connectivity index (χ1n) is 11.9. The molecule has 10 heteroatoms. The van der Waals surface area contributed by atoms with Crippen molar-refractivity contribution in [1.29, 1.82) is 5.26 Å². The van der Waals surface area contributed by atoms with Crippen LogP contribution >= 0.6 is 0 Å². The molecule has 5 rings (SSSR count). The van der Waals surface area contributed by atoms with Gasteiger partial charge in [0.25, 0.3) is 5.91 Å². The SMILES string of the molecule is Cc1cc(NC(=O)O)nc(C)c1CNC(=O)c1cn(Cc2ccc3ncc(C4CC4)cc3c2)nc1C#N. The number of carboxylic acid groups (broad SMARTS) is 1. The smallest absolute Gasteiger partial charge is 0.410 e. The highest BCUT2D eigenvalue weighted by atomic mass is 16.4. The van der Waals surface area contributed by atoms with Crippen LogP contribution in [0.15, 0.2) is 42.7 Å². The Morgan fingerprint density at radius 1 is 1.22 bits per heavy atom. The normalized spacial score (nSPS) is 12.8. The number of aryl methyl sites for hydroxylation is 2. The summed E-state index contributed by atoms with van der Waals surface area (Å²) < 4.78 is 1.59. The van der Waals surface area contributed by atoms with Crippen LogP contribution < -0.4 is 10.6 Å². The molecule has 37 heavy (non-hydrogen) atoms. The Kier molecular flexibility index (Phi) is 6.27. The average Bonchev–Trinajstić information content (AvgIpc) is 3.62. The van der Waals surface area contributed by atoms with Crippen LogP contribution in [-0.2, 0) is 13.1 Å². The molecule has 3 heterocycles. The van der Waals surface area contributed by atoms with Crippen molar-refractivity contribution in [1.82, 2.24) is 25.1 Å². The number of rotatable bonds is 7. The van der Waals surface area contributed by atoms with Crippen molar-refractivity contribution in [3.05, 3.63) is 81.9 Å². The van der Waals surface area contributed by atoms with Crippen LogP contribution in [0.3, 0.4) is 0 Å². The topological polar surface area (TPSA) is 146 Å². The zero-order valence-electron chi connectivity index (χ0n) is 20.4. The number of nitrogens with one attached hydrogen (secondary N) is 2. The second kappa shape index (κ2) is 9.70. The summed E-state index contributed by atoms with van der Waals surface area (Å²) >= 11 is 0. The predicted molar refractivity (Wildman–Crippen MR) is 136 cm³/mol. The lowest BCUT2D eigenvalue weighted by atomic mass is 10.1. The largest absolute Gasteiger partial charge is 0.465 e. The minimum atomic E-state index is -1.20. The fourth-order valence-corrected chi connectivity index (χ4v) is 4.44. The van der Waals surface area contributed by atoms with Crippen LogP contribution in [0.5, 0.6) is 0 Å². The summed E-state index contributed by atoms with van der Waals surface area (Å²) in [5.41, 5.74) is 5.57. The van der Waals surface area contributed by atoms with E-state index in [4.69, 9.17) is 5.11 Å². The van der Waals surface area contributed by atoms with Gasteiger partial charge in [-0.15, -0.1) is 0 Å². The summed E-state index contributed by atoms with van der Waals surface area (Å²) in [6, 6.07) is 11.8.